The summed E-state index contributed by atoms with van der Waals surface area (Å²) in [6.07, 6.45) is 19.0. The fraction of sp³-hybridized carbons (Fsp3) is 0.756. The third-order valence-corrected chi connectivity index (χ3v) is 11.1. The SMILES string of the molecule is CC(C)CCOCC[N+](C)(C)C.CC12CCC(OC(=O)COCCO)CC1=CCC1C2CCC2(C)C(c3cccnc3)=CCC12.CCC. The molecule has 1 N–H and O–H groups in total. The quantitative estimate of drug-likeness (QED) is 0.105. The lowest BCUT2D eigenvalue weighted by molar-refractivity contribution is -0.870. The first kappa shape index (κ1) is 40.4. The van der Waals surface area contributed by atoms with E-state index in [9.17, 15) is 4.79 Å². The van der Waals surface area contributed by atoms with Crippen molar-refractivity contribution in [3.05, 3.63) is 47.8 Å². The van der Waals surface area contributed by atoms with E-state index in [-0.39, 0.29) is 42.7 Å². The number of quaternary nitrogens is 1. The van der Waals surface area contributed by atoms with Crippen LogP contribution in [0.4, 0.5) is 0 Å². The van der Waals surface area contributed by atoms with Crippen molar-refractivity contribution in [3.63, 3.8) is 0 Å². The van der Waals surface area contributed by atoms with Gasteiger partial charge in [0.2, 0.25) is 0 Å². The number of likely N-dealkylation sites (N-methyl/N-ethyl adjacent to an activating group) is 1. The van der Waals surface area contributed by atoms with E-state index in [0.29, 0.717) is 17.8 Å². The van der Waals surface area contributed by atoms with Gasteiger partial charge in [0.25, 0.3) is 0 Å². The third-order valence-electron chi connectivity index (χ3n) is 11.1. The Kier molecular flexibility index (Phi) is 15.8. The Morgan fingerprint density at radius 3 is 2.38 bits per heavy atom. The van der Waals surface area contributed by atoms with Crippen molar-refractivity contribution in [2.45, 2.75) is 105 Å². The maximum Gasteiger partial charge on any atom is 0.332 e. The summed E-state index contributed by atoms with van der Waals surface area (Å²) >= 11 is 0. The molecule has 272 valence electrons. The highest BCUT2D eigenvalue weighted by Gasteiger charge is 2.57. The fourth-order valence-corrected chi connectivity index (χ4v) is 8.46. The fourth-order valence-electron chi connectivity index (χ4n) is 8.46. The number of carbonyl (C=O) groups is 1. The number of aliphatic hydroxyl groups is 1. The highest BCUT2D eigenvalue weighted by Crippen LogP contribution is 2.66. The molecule has 48 heavy (non-hydrogen) atoms. The van der Waals surface area contributed by atoms with Crippen LogP contribution in [0.3, 0.4) is 0 Å². The molecule has 6 atom stereocenters. The molecule has 0 spiro atoms. The number of hydrogen-bond acceptors (Lipinski definition) is 6. The summed E-state index contributed by atoms with van der Waals surface area (Å²) in [7, 11) is 6.56. The number of carbonyl (C=O) groups excluding carboxylic acids is 1. The lowest BCUT2D eigenvalue weighted by atomic mass is 9.47. The number of pyridine rings is 1. The minimum Gasteiger partial charge on any atom is -0.460 e. The smallest absolute Gasteiger partial charge is 0.332 e. The molecule has 0 saturated heterocycles. The van der Waals surface area contributed by atoms with Gasteiger partial charge in [0, 0.05) is 25.4 Å². The third kappa shape index (κ3) is 11.0. The summed E-state index contributed by atoms with van der Waals surface area (Å²) < 4.78 is 17.3. The zero-order valence-corrected chi connectivity index (χ0v) is 31.9. The summed E-state index contributed by atoms with van der Waals surface area (Å²) in [5.41, 5.74) is 4.78. The number of fused-ring (bicyclic) bond motifs is 5. The Hall–Kier alpha value is -2.06. The first-order valence-electron chi connectivity index (χ1n) is 18.9. The van der Waals surface area contributed by atoms with E-state index in [1.165, 1.54) is 48.8 Å². The van der Waals surface area contributed by atoms with Crippen LogP contribution in [-0.2, 0) is 19.0 Å². The van der Waals surface area contributed by atoms with Gasteiger partial charge < -0.3 is 23.8 Å². The molecule has 0 amide bonds. The van der Waals surface area contributed by atoms with E-state index in [1.54, 1.807) is 0 Å². The molecule has 1 heterocycles. The van der Waals surface area contributed by atoms with Crippen molar-refractivity contribution in [1.82, 2.24) is 4.98 Å². The van der Waals surface area contributed by atoms with Gasteiger partial charge in [0.15, 0.2) is 0 Å². The number of ether oxygens (including phenoxy) is 3. The van der Waals surface area contributed by atoms with Crippen LogP contribution in [0, 0.1) is 34.5 Å². The Labute approximate surface area is 293 Å². The molecule has 1 aromatic rings. The second kappa shape index (κ2) is 18.8. The molecule has 1 aromatic heterocycles. The molecule has 0 bridgehead atoms. The average molecular weight is 670 g/mol. The van der Waals surface area contributed by atoms with Crippen LogP contribution in [0.5, 0.6) is 0 Å². The van der Waals surface area contributed by atoms with E-state index in [4.69, 9.17) is 19.3 Å². The first-order chi connectivity index (χ1) is 22.8. The number of aromatic nitrogens is 1. The lowest BCUT2D eigenvalue weighted by Crippen LogP contribution is -2.50. The number of rotatable bonds is 12. The maximum absolute atomic E-state index is 12.1. The highest BCUT2D eigenvalue weighted by atomic mass is 16.6. The van der Waals surface area contributed by atoms with E-state index >= 15 is 0 Å². The van der Waals surface area contributed by atoms with Gasteiger partial charge in [-0.05, 0) is 96.7 Å². The molecule has 0 radical (unpaired) electrons. The predicted octanol–water partition coefficient (Wildman–Crippen LogP) is 8.13. The van der Waals surface area contributed by atoms with Crippen molar-refractivity contribution >= 4 is 11.5 Å². The average Bonchev–Trinajstić information content (AvgIpc) is 3.39. The monoisotopic (exact) mass is 670 g/mol. The van der Waals surface area contributed by atoms with Gasteiger partial charge in [-0.3, -0.25) is 4.98 Å². The lowest BCUT2D eigenvalue weighted by Gasteiger charge is -2.57. The number of aliphatic hydroxyl groups excluding tert-OH is 1. The maximum atomic E-state index is 12.1. The Morgan fingerprint density at radius 2 is 1.73 bits per heavy atom. The standard InChI is InChI=1S/C28H37NO4.C10H24NO.C3H8/c1-27-11-9-21(33-26(31)18-32-15-14-30)16-20(27)5-6-22-24-8-7-23(19-4-3-13-29-17-19)28(24,2)12-10-25(22)27;1-10(2)6-8-12-9-7-11(3,4)5;1-3-2/h3-5,7,13,17,21-22,24-25,30H,6,8-12,14-16,18H2,1-2H3;10H,6-9H2,1-5H3;3H2,1-2H3/q;+1;. The summed E-state index contributed by atoms with van der Waals surface area (Å²) in [4.78, 5) is 16.5. The zero-order chi connectivity index (χ0) is 35.4. The zero-order valence-electron chi connectivity index (χ0n) is 31.9. The Morgan fingerprint density at radius 1 is 1.00 bits per heavy atom. The largest absolute Gasteiger partial charge is 0.460 e. The van der Waals surface area contributed by atoms with Gasteiger partial charge >= 0.3 is 5.97 Å². The predicted molar refractivity (Wildman–Crippen MR) is 196 cm³/mol. The van der Waals surface area contributed by atoms with E-state index in [1.807, 2.05) is 12.4 Å². The Balaban J connectivity index is 0.000000352. The summed E-state index contributed by atoms with van der Waals surface area (Å²) in [6.45, 7) is 16.6. The second-order valence-corrected chi connectivity index (χ2v) is 16.5. The van der Waals surface area contributed by atoms with Gasteiger partial charge in [-0.15, -0.1) is 0 Å². The minimum atomic E-state index is -0.320. The minimum absolute atomic E-state index is 0.0507. The number of nitrogens with zero attached hydrogens (tertiary/aromatic N) is 2. The van der Waals surface area contributed by atoms with Gasteiger partial charge in [0.1, 0.15) is 19.3 Å². The molecule has 7 heteroatoms. The van der Waals surface area contributed by atoms with Crippen LogP contribution >= 0.6 is 0 Å². The van der Waals surface area contributed by atoms with Gasteiger partial charge in [-0.2, -0.15) is 0 Å². The molecule has 7 nitrogen and oxygen atoms in total. The number of hydrogen-bond donors (Lipinski definition) is 1. The van der Waals surface area contributed by atoms with Crippen molar-refractivity contribution < 1.29 is 28.6 Å². The van der Waals surface area contributed by atoms with Crippen LogP contribution in [-0.4, -0.2) is 87.4 Å². The van der Waals surface area contributed by atoms with E-state index in [0.717, 1.165) is 55.8 Å². The molecular weight excluding hydrogens is 600 g/mol. The molecule has 4 aliphatic rings. The summed E-state index contributed by atoms with van der Waals surface area (Å²) in [6, 6.07) is 4.27. The topological polar surface area (TPSA) is 77.9 Å². The molecule has 5 rings (SSSR count). The molecular formula is C41H69N2O5+. The van der Waals surface area contributed by atoms with Crippen molar-refractivity contribution in [1.29, 1.82) is 0 Å². The molecule has 2 saturated carbocycles. The van der Waals surface area contributed by atoms with Crippen molar-refractivity contribution in [2.24, 2.45) is 34.5 Å². The summed E-state index contributed by atoms with van der Waals surface area (Å²) in [5, 5.41) is 8.81. The van der Waals surface area contributed by atoms with E-state index in [2.05, 4.69) is 92.0 Å². The van der Waals surface area contributed by atoms with Crippen LogP contribution in [0.2, 0.25) is 0 Å². The van der Waals surface area contributed by atoms with E-state index < -0.39 is 0 Å². The van der Waals surface area contributed by atoms with Gasteiger partial charge in [-0.25, -0.2) is 4.79 Å². The molecule has 0 aliphatic heterocycles. The second-order valence-electron chi connectivity index (χ2n) is 16.5. The molecule has 0 aromatic carbocycles. The van der Waals surface area contributed by atoms with Crippen LogP contribution in [0.15, 0.2) is 42.3 Å². The number of esters is 1. The number of allylic oxidation sites excluding steroid dienone is 3. The van der Waals surface area contributed by atoms with Crippen molar-refractivity contribution in [2.75, 3.05) is 60.7 Å². The van der Waals surface area contributed by atoms with Crippen LogP contribution < -0.4 is 0 Å². The highest BCUT2D eigenvalue weighted by molar-refractivity contribution is 5.72. The van der Waals surface area contributed by atoms with Gasteiger partial charge in [0.05, 0.1) is 41.0 Å². The Bertz CT molecular complexity index is 1180. The normalized spacial score (nSPS) is 29.1. The van der Waals surface area contributed by atoms with Crippen LogP contribution in [0.1, 0.15) is 105 Å². The molecule has 6 unspecified atom stereocenters. The van der Waals surface area contributed by atoms with Crippen LogP contribution in [0.25, 0.3) is 5.57 Å². The van der Waals surface area contributed by atoms with Crippen molar-refractivity contribution in [3.8, 4) is 0 Å². The molecule has 4 aliphatic carbocycles. The molecule has 2 fully saturated rings. The van der Waals surface area contributed by atoms with Gasteiger partial charge in [-0.1, -0.05) is 71.8 Å². The first-order valence-corrected chi connectivity index (χ1v) is 18.9. The summed E-state index contributed by atoms with van der Waals surface area (Å²) in [5.74, 6) is 2.56.